The van der Waals surface area contributed by atoms with Crippen LogP contribution in [0.15, 0.2) is 117 Å². The molecule has 0 amide bonds. The molecule has 9 heteroatoms. The quantitative estimate of drug-likeness (QED) is 0.123. The Labute approximate surface area is 304 Å². The molecule has 2 N–H and O–H groups in total. The lowest BCUT2D eigenvalue weighted by atomic mass is 9.65. The number of hydrogen-bond donors (Lipinski definition) is 2. The zero-order chi connectivity index (χ0) is 35.8. The topological polar surface area (TPSA) is 108 Å². The van der Waals surface area contributed by atoms with Gasteiger partial charge in [-0.25, -0.2) is 8.42 Å². The highest BCUT2D eigenvalue weighted by Crippen LogP contribution is 2.59. The van der Waals surface area contributed by atoms with Crippen LogP contribution in [-0.2, 0) is 23.0 Å². The highest BCUT2D eigenvalue weighted by molar-refractivity contribution is 7.91. The van der Waals surface area contributed by atoms with E-state index in [1.807, 2.05) is 60.7 Å². The number of aliphatic hydroxyl groups excluding tert-OH is 1. The Morgan fingerprint density at radius 2 is 1.82 bits per heavy atom. The van der Waals surface area contributed by atoms with Gasteiger partial charge >= 0.3 is 0 Å². The average molecular weight is 724 g/mol. The number of allylic oxidation sites excluding steroid dienone is 2. The lowest BCUT2D eigenvalue weighted by molar-refractivity contribution is -0.0731. The first kappa shape index (κ1) is 35.5. The van der Waals surface area contributed by atoms with E-state index in [1.165, 1.54) is 27.5 Å². The lowest BCUT2D eigenvalue weighted by Gasteiger charge is -2.46. The van der Waals surface area contributed by atoms with Gasteiger partial charge in [0.1, 0.15) is 4.21 Å². The van der Waals surface area contributed by atoms with Gasteiger partial charge in [0, 0.05) is 24.1 Å². The zero-order valence-corrected chi connectivity index (χ0v) is 30.8. The van der Waals surface area contributed by atoms with Gasteiger partial charge in [0.15, 0.2) is 5.76 Å². The Hall–Kier alpha value is -3.86. The number of sulfonamides is 1. The Balaban J connectivity index is 1.34. The second-order valence-corrected chi connectivity index (χ2v) is 17.7. The van der Waals surface area contributed by atoms with Crippen molar-refractivity contribution in [2.24, 2.45) is 5.41 Å². The third-order valence-electron chi connectivity index (χ3n) is 11.4. The van der Waals surface area contributed by atoms with Crippen molar-refractivity contribution in [3.05, 3.63) is 136 Å². The first-order chi connectivity index (χ1) is 24.5. The molecule has 0 aliphatic heterocycles. The van der Waals surface area contributed by atoms with E-state index >= 15 is 0 Å². The third-order valence-corrected chi connectivity index (χ3v) is 14.6. The van der Waals surface area contributed by atoms with E-state index < -0.39 is 27.1 Å². The molecule has 266 valence electrons. The summed E-state index contributed by atoms with van der Waals surface area (Å²) in [5.41, 5.74) is 1.97. The fourth-order valence-electron chi connectivity index (χ4n) is 8.41. The van der Waals surface area contributed by atoms with E-state index in [1.54, 1.807) is 29.6 Å². The van der Waals surface area contributed by atoms with Crippen LogP contribution in [0.4, 0.5) is 0 Å². The van der Waals surface area contributed by atoms with E-state index in [0.29, 0.717) is 44.1 Å². The van der Waals surface area contributed by atoms with Crippen molar-refractivity contribution in [3.63, 3.8) is 0 Å². The number of benzene rings is 3. The number of aliphatic hydroxyl groups is 2. The summed E-state index contributed by atoms with van der Waals surface area (Å²) in [5, 5.41) is 27.7. The number of carbonyl (C=O) groups excluding carboxylic acids is 1. The number of nitrogens with zero attached hydrogens (tertiary/aromatic N) is 1. The van der Waals surface area contributed by atoms with Crippen LogP contribution in [0.2, 0.25) is 0 Å². The molecule has 1 fully saturated rings. The third kappa shape index (κ3) is 6.90. The maximum Gasteiger partial charge on any atom is 0.252 e. The van der Waals surface area contributed by atoms with Gasteiger partial charge in [0.05, 0.1) is 18.0 Å². The molecule has 5 aromatic rings. The molecule has 51 heavy (non-hydrogen) atoms. The second kappa shape index (κ2) is 14.3. The van der Waals surface area contributed by atoms with Gasteiger partial charge in [-0.05, 0) is 115 Å². The average Bonchev–Trinajstić information content (AvgIpc) is 3.90. The summed E-state index contributed by atoms with van der Waals surface area (Å²) in [5.74, 6) is -0.271. The monoisotopic (exact) mass is 723 g/mol. The first-order valence-corrected chi connectivity index (χ1v) is 20.1. The van der Waals surface area contributed by atoms with Crippen molar-refractivity contribution in [2.45, 2.75) is 87.2 Å². The standard InChI is InChI=1S/C42H45NO6S2/c1-29-9-6-21-41(2)37(35-19-17-30(25-33(44)18-16-29)26-36(35)40(45)38-14-7-23-49-38)20-22-42(41,46)28-43(51(47,48)39-15-8-24-50-39)27-32-12-5-11-31-10-3-4-13-34(31)32/h3-5,7-15,17,19,23-24,26,33,37,44,46H,6,16,18,20-22,25,27-28H2,1-2H3/t33-,37-,41-,42+/m0/s1. The van der Waals surface area contributed by atoms with Gasteiger partial charge in [-0.1, -0.05) is 79.2 Å². The molecule has 0 saturated heterocycles. The summed E-state index contributed by atoms with van der Waals surface area (Å²) in [4.78, 5) is 14.1. The van der Waals surface area contributed by atoms with Gasteiger partial charge in [0.2, 0.25) is 5.78 Å². The van der Waals surface area contributed by atoms with Crippen molar-refractivity contribution in [1.82, 2.24) is 4.31 Å². The SMILES string of the molecule is CC1=CCC[C@@]2(C)[C@@H](CC[C@@]2(O)CN(Cc2cccc3ccccc23)S(=O)(=O)c2cccs2)c2ccc(cc2C(=O)c2ccco2)C[C@@H](O)CC1. The van der Waals surface area contributed by atoms with E-state index in [-0.39, 0.29) is 34.8 Å². The molecular weight excluding hydrogens is 679 g/mol. The van der Waals surface area contributed by atoms with Crippen molar-refractivity contribution >= 4 is 37.9 Å². The Morgan fingerprint density at radius 3 is 2.61 bits per heavy atom. The second-order valence-electron chi connectivity index (χ2n) is 14.6. The largest absolute Gasteiger partial charge is 0.461 e. The summed E-state index contributed by atoms with van der Waals surface area (Å²) in [6.45, 7) is 4.15. The molecule has 0 unspecified atom stereocenters. The van der Waals surface area contributed by atoms with Gasteiger partial charge in [0.25, 0.3) is 10.0 Å². The molecule has 8 rings (SSSR count). The van der Waals surface area contributed by atoms with Gasteiger partial charge < -0.3 is 14.6 Å². The molecule has 4 atom stereocenters. The molecule has 7 nitrogen and oxygen atoms in total. The van der Waals surface area contributed by atoms with Crippen LogP contribution in [0.5, 0.6) is 0 Å². The van der Waals surface area contributed by atoms with Crippen LogP contribution in [0.1, 0.15) is 91.1 Å². The predicted octanol–water partition coefficient (Wildman–Crippen LogP) is 8.65. The number of ketones is 1. The summed E-state index contributed by atoms with van der Waals surface area (Å²) in [6, 6.07) is 26.4. The van der Waals surface area contributed by atoms with Gasteiger partial charge in [-0.2, -0.15) is 4.31 Å². The van der Waals surface area contributed by atoms with Crippen molar-refractivity contribution < 1.29 is 27.8 Å². The summed E-state index contributed by atoms with van der Waals surface area (Å²) >= 11 is 1.18. The highest BCUT2D eigenvalue weighted by Gasteiger charge is 2.58. The number of thiophene rings is 1. The van der Waals surface area contributed by atoms with Gasteiger partial charge in [-0.3, -0.25) is 4.79 Å². The summed E-state index contributed by atoms with van der Waals surface area (Å²) in [7, 11) is -3.99. The predicted molar refractivity (Wildman–Crippen MR) is 201 cm³/mol. The number of furan rings is 1. The Morgan fingerprint density at radius 1 is 1.00 bits per heavy atom. The fraction of sp³-hybridized carbons (Fsp3) is 0.357. The minimum absolute atomic E-state index is 0.0993. The fourth-order valence-corrected chi connectivity index (χ4v) is 11.0. The normalized spacial score (nSPS) is 24.4. The Kier molecular flexibility index (Phi) is 9.95. The van der Waals surface area contributed by atoms with Crippen molar-refractivity contribution in [3.8, 4) is 0 Å². The molecule has 3 aromatic carbocycles. The van der Waals surface area contributed by atoms with E-state index in [2.05, 4.69) is 19.9 Å². The van der Waals surface area contributed by atoms with E-state index in [0.717, 1.165) is 33.9 Å². The van der Waals surface area contributed by atoms with Crippen LogP contribution in [-0.4, -0.2) is 47.0 Å². The smallest absolute Gasteiger partial charge is 0.252 e. The minimum Gasteiger partial charge on any atom is -0.461 e. The van der Waals surface area contributed by atoms with Crippen molar-refractivity contribution in [2.75, 3.05) is 6.54 Å². The van der Waals surface area contributed by atoms with Crippen LogP contribution in [0.3, 0.4) is 0 Å². The molecule has 1 saturated carbocycles. The molecule has 3 aliphatic rings. The first-order valence-electron chi connectivity index (χ1n) is 17.8. The molecule has 3 aliphatic carbocycles. The zero-order valence-electron chi connectivity index (χ0n) is 29.1. The lowest BCUT2D eigenvalue weighted by Crippen LogP contribution is -2.53. The maximum atomic E-state index is 14.5. The maximum absolute atomic E-state index is 14.5. The molecule has 2 heterocycles. The van der Waals surface area contributed by atoms with Crippen LogP contribution in [0, 0.1) is 5.41 Å². The summed E-state index contributed by atoms with van der Waals surface area (Å²) in [6.07, 6.45) is 7.04. The number of rotatable bonds is 8. The van der Waals surface area contributed by atoms with Crippen molar-refractivity contribution in [1.29, 1.82) is 0 Å². The number of fused-ring (bicyclic) bond motifs is 9. The van der Waals surface area contributed by atoms with Crippen LogP contribution in [0.25, 0.3) is 10.8 Å². The molecule has 2 bridgehead atoms. The van der Waals surface area contributed by atoms with Gasteiger partial charge in [-0.15, -0.1) is 11.3 Å². The minimum atomic E-state index is -3.99. The van der Waals surface area contributed by atoms with Crippen LogP contribution >= 0.6 is 11.3 Å². The Bertz CT molecular complexity index is 2150. The summed E-state index contributed by atoms with van der Waals surface area (Å²) < 4.78 is 36.3. The van der Waals surface area contributed by atoms with E-state index in [4.69, 9.17) is 4.42 Å². The van der Waals surface area contributed by atoms with E-state index in [9.17, 15) is 23.4 Å². The molecule has 0 spiro atoms. The molecule has 2 aromatic heterocycles. The highest BCUT2D eigenvalue weighted by atomic mass is 32.2. The number of carbonyl (C=O) groups is 1. The molecular formula is C42H45NO6S2. The molecule has 0 radical (unpaired) electrons. The number of hydrogen-bond acceptors (Lipinski definition) is 7. The van der Waals surface area contributed by atoms with Crippen LogP contribution < -0.4 is 0 Å².